The summed E-state index contributed by atoms with van der Waals surface area (Å²) in [6.45, 7) is 2.64. The maximum absolute atomic E-state index is 11.4. The van der Waals surface area contributed by atoms with Crippen molar-refractivity contribution in [2.75, 3.05) is 13.7 Å². The van der Waals surface area contributed by atoms with E-state index in [1.807, 2.05) is 12.1 Å². The lowest BCUT2D eigenvalue weighted by Gasteiger charge is -2.38. The molecule has 0 spiro atoms. The molecule has 2 rings (SSSR count). The van der Waals surface area contributed by atoms with Crippen LogP contribution in [0.5, 0.6) is 5.75 Å². The predicted octanol–water partition coefficient (Wildman–Crippen LogP) is 0.792. The number of rotatable bonds is 6. The van der Waals surface area contributed by atoms with Crippen LogP contribution in [0.3, 0.4) is 0 Å². The molecule has 1 fully saturated rings. The lowest BCUT2D eigenvalue weighted by Crippen LogP contribution is -2.57. The van der Waals surface area contributed by atoms with E-state index in [2.05, 4.69) is 0 Å². The third-order valence-corrected chi connectivity index (χ3v) is 3.63. The number of aliphatic hydroxyl groups excluding tert-OH is 1. The second-order valence-corrected chi connectivity index (χ2v) is 5.57. The number of ether oxygens (including phenoxy) is 5. The molecule has 0 radical (unpaired) electrons. The molecule has 1 unspecified atom stereocenters. The highest BCUT2D eigenvalue weighted by atomic mass is 16.7. The molecule has 1 heterocycles. The molecule has 8 nitrogen and oxygen atoms in total. The number of benzene rings is 1. The van der Waals surface area contributed by atoms with Crippen LogP contribution in [-0.2, 0) is 35.1 Å². The largest absolute Gasteiger partial charge is 0.497 e. The van der Waals surface area contributed by atoms with Gasteiger partial charge in [-0.15, -0.1) is 0 Å². The zero-order valence-corrected chi connectivity index (χ0v) is 14.3. The lowest BCUT2D eigenvalue weighted by molar-refractivity contribution is -0.272. The Hall–Kier alpha value is -2.16. The molecular weight excluding hydrogens is 332 g/mol. The zero-order valence-electron chi connectivity index (χ0n) is 14.3. The van der Waals surface area contributed by atoms with E-state index in [9.17, 15) is 14.7 Å². The molecule has 25 heavy (non-hydrogen) atoms. The molecule has 1 N–H and O–H groups in total. The maximum atomic E-state index is 11.4. The topological polar surface area (TPSA) is 101 Å². The van der Waals surface area contributed by atoms with E-state index in [-0.39, 0.29) is 13.2 Å². The SMILES string of the molecule is COc1ccc(CO[C@H]2COC(O)[C@H](OC(C)=O)[C@H]2OC(C)=O)cc1. The first kappa shape index (κ1) is 19.2. The average molecular weight is 354 g/mol. The normalized spacial score (nSPS) is 25.9. The second-order valence-electron chi connectivity index (χ2n) is 5.57. The van der Waals surface area contributed by atoms with Gasteiger partial charge in [0.2, 0.25) is 0 Å². The van der Waals surface area contributed by atoms with Gasteiger partial charge in [0.25, 0.3) is 0 Å². The predicted molar refractivity (Wildman–Crippen MR) is 84.6 cm³/mol. The minimum atomic E-state index is -1.39. The molecular formula is C17H22O8. The van der Waals surface area contributed by atoms with Crippen molar-refractivity contribution in [3.63, 3.8) is 0 Å². The first-order chi connectivity index (χ1) is 11.9. The van der Waals surface area contributed by atoms with E-state index < -0.39 is 36.5 Å². The molecule has 138 valence electrons. The average Bonchev–Trinajstić information content (AvgIpc) is 2.57. The van der Waals surface area contributed by atoms with Crippen LogP contribution >= 0.6 is 0 Å². The van der Waals surface area contributed by atoms with Crippen LogP contribution in [0.4, 0.5) is 0 Å². The number of hydrogen-bond acceptors (Lipinski definition) is 8. The Morgan fingerprint density at radius 1 is 1.12 bits per heavy atom. The summed E-state index contributed by atoms with van der Waals surface area (Å²) in [4.78, 5) is 22.6. The molecule has 0 saturated carbocycles. The molecule has 8 heteroatoms. The third kappa shape index (κ3) is 5.42. The van der Waals surface area contributed by atoms with Crippen LogP contribution in [0.15, 0.2) is 24.3 Å². The fraction of sp³-hybridized carbons (Fsp3) is 0.529. The van der Waals surface area contributed by atoms with Gasteiger partial charge < -0.3 is 28.8 Å². The van der Waals surface area contributed by atoms with Crippen LogP contribution in [-0.4, -0.2) is 55.4 Å². The van der Waals surface area contributed by atoms with Crippen LogP contribution in [0, 0.1) is 0 Å². The van der Waals surface area contributed by atoms with E-state index in [1.165, 1.54) is 13.8 Å². The zero-order chi connectivity index (χ0) is 18.4. The number of carbonyl (C=O) groups excluding carboxylic acids is 2. The summed E-state index contributed by atoms with van der Waals surface area (Å²) >= 11 is 0. The minimum Gasteiger partial charge on any atom is -0.497 e. The Morgan fingerprint density at radius 2 is 1.72 bits per heavy atom. The molecule has 1 aromatic rings. The molecule has 0 aromatic heterocycles. The summed E-state index contributed by atoms with van der Waals surface area (Å²) in [5.41, 5.74) is 0.873. The van der Waals surface area contributed by atoms with Gasteiger partial charge in [-0.05, 0) is 17.7 Å². The van der Waals surface area contributed by atoms with Crippen molar-refractivity contribution in [3.05, 3.63) is 29.8 Å². The fourth-order valence-electron chi connectivity index (χ4n) is 2.48. The van der Waals surface area contributed by atoms with Crippen LogP contribution in [0.2, 0.25) is 0 Å². The summed E-state index contributed by atoms with van der Waals surface area (Å²) in [5.74, 6) is -0.476. The molecule has 0 aliphatic carbocycles. The number of carbonyl (C=O) groups is 2. The summed E-state index contributed by atoms with van der Waals surface area (Å²) in [7, 11) is 1.58. The van der Waals surface area contributed by atoms with Crippen molar-refractivity contribution in [3.8, 4) is 5.75 Å². The summed E-state index contributed by atoms with van der Waals surface area (Å²) in [5, 5.41) is 9.90. The Bertz CT molecular complexity index is 585. The van der Waals surface area contributed by atoms with Gasteiger partial charge in [-0.3, -0.25) is 9.59 Å². The van der Waals surface area contributed by atoms with Gasteiger partial charge in [0.15, 0.2) is 18.5 Å². The second kappa shape index (κ2) is 8.80. The van der Waals surface area contributed by atoms with E-state index in [0.717, 1.165) is 11.3 Å². The number of methoxy groups -OCH3 is 1. The standard InChI is InChI=1S/C17H22O8/c1-10(18)24-15-14(9-23-17(20)16(15)25-11(2)19)22-8-12-4-6-13(21-3)7-5-12/h4-7,14-17,20H,8-9H2,1-3H3/t14-,15-,16+,17?/m0/s1. The highest BCUT2D eigenvalue weighted by Crippen LogP contribution is 2.24. The number of esters is 2. The minimum absolute atomic E-state index is 0.00691. The van der Waals surface area contributed by atoms with E-state index in [4.69, 9.17) is 23.7 Å². The maximum Gasteiger partial charge on any atom is 0.303 e. The highest BCUT2D eigenvalue weighted by Gasteiger charge is 2.45. The Balaban J connectivity index is 2.06. The van der Waals surface area contributed by atoms with Gasteiger partial charge in [0.1, 0.15) is 11.9 Å². The van der Waals surface area contributed by atoms with Gasteiger partial charge in [0, 0.05) is 13.8 Å². The fourth-order valence-corrected chi connectivity index (χ4v) is 2.48. The molecule has 1 aliphatic heterocycles. The first-order valence-electron chi connectivity index (χ1n) is 7.79. The quantitative estimate of drug-likeness (QED) is 0.749. The third-order valence-electron chi connectivity index (χ3n) is 3.63. The first-order valence-corrected chi connectivity index (χ1v) is 7.79. The van der Waals surface area contributed by atoms with Crippen molar-refractivity contribution in [2.45, 2.75) is 45.1 Å². The summed E-state index contributed by atoms with van der Waals surface area (Å²) in [6.07, 6.45) is -4.22. The van der Waals surface area contributed by atoms with Crippen LogP contribution in [0.1, 0.15) is 19.4 Å². The monoisotopic (exact) mass is 354 g/mol. The lowest BCUT2D eigenvalue weighted by atomic mass is 10.0. The Labute approximate surface area is 145 Å². The molecule has 1 aromatic carbocycles. The van der Waals surface area contributed by atoms with Gasteiger partial charge >= 0.3 is 11.9 Å². The van der Waals surface area contributed by atoms with Crippen molar-refractivity contribution < 1.29 is 38.4 Å². The Morgan fingerprint density at radius 3 is 2.28 bits per heavy atom. The Kier molecular flexibility index (Phi) is 6.74. The van der Waals surface area contributed by atoms with E-state index in [0.29, 0.717) is 0 Å². The molecule has 4 atom stereocenters. The summed E-state index contributed by atoms with van der Waals surface area (Å²) in [6, 6.07) is 7.26. The number of hydrogen-bond donors (Lipinski definition) is 1. The van der Waals surface area contributed by atoms with Crippen LogP contribution < -0.4 is 4.74 Å². The van der Waals surface area contributed by atoms with Gasteiger partial charge in [-0.25, -0.2) is 0 Å². The molecule has 0 bridgehead atoms. The van der Waals surface area contributed by atoms with Crippen molar-refractivity contribution in [2.24, 2.45) is 0 Å². The smallest absolute Gasteiger partial charge is 0.303 e. The molecule has 1 aliphatic rings. The van der Waals surface area contributed by atoms with Crippen molar-refractivity contribution in [1.82, 2.24) is 0 Å². The molecule has 1 saturated heterocycles. The van der Waals surface area contributed by atoms with E-state index in [1.54, 1.807) is 19.2 Å². The summed E-state index contributed by atoms with van der Waals surface area (Å²) < 4.78 is 26.3. The number of aliphatic hydroxyl groups is 1. The van der Waals surface area contributed by atoms with Gasteiger partial charge in [0.05, 0.1) is 20.3 Å². The van der Waals surface area contributed by atoms with E-state index >= 15 is 0 Å². The molecule has 0 amide bonds. The van der Waals surface area contributed by atoms with Crippen molar-refractivity contribution in [1.29, 1.82) is 0 Å². The van der Waals surface area contributed by atoms with Gasteiger partial charge in [-0.2, -0.15) is 0 Å². The van der Waals surface area contributed by atoms with Gasteiger partial charge in [-0.1, -0.05) is 12.1 Å². The van der Waals surface area contributed by atoms with Crippen LogP contribution in [0.25, 0.3) is 0 Å². The van der Waals surface area contributed by atoms with Crippen molar-refractivity contribution >= 4 is 11.9 Å². The highest BCUT2D eigenvalue weighted by molar-refractivity contribution is 5.67.